The normalized spacial score (nSPS) is 11.9. The number of rotatable bonds is 11. The quantitative estimate of drug-likeness (QED) is 0.445. The molecule has 0 spiro atoms. The van der Waals surface area contributed by atoms with Crippen molar-refractivity contribution in [2.24, 2.45) is 0 Å². The molecule has 6 heteroatoms. The molecule has 0 heterocycles. The smallest absolute Gasteiger partial charge is 0.332 e. The van der Waals surface area contributed by atoms with Gasteiger partial charge >= 0.3 is 11.9 Å². The van der Waals surface area contributed by atoms with Gasteiger partial charge in [-0.2, -0.15) is 0 Å². The molecule has 0 aliphatic heterocycles. The van der Waals surface area contributed by atoms with E-state index in [0.29, 0.717) is 13.0 Å². The Balaban J connectivity index is 5.02. The van der Waals surface area contributed by atoms with Crippen molar-refractivity contribution >= 4 is 17.7 Å². The Morgan fingerprint density at radius 1 is 0.950 bits per heavy atom. The second-order valence-electron chi connectivity index (χ2n) is 4.33. The average molecular weight is 286 g/mol. The van der Waals surface area contributed by atoms with Crippen LogP contribution in [0.15, 0.2) is 11.1 Å². The SMILES string of the molecule is CCCCC(=O)C/C(C(=O)O)=C(/CCOCC)C(=O)O. The monoisotopic (exact) mass is 286 g/mol. The number of Topliss-reactive ketones (excluding diaryl/α,β-unsaturated/α-hetero) is 1. The number of ketones is 1. The maximum absolute atomic E-state index is 11.7. The molecule has 2 N–H and O–H groups in total. The van der Waals surface area contributed by atoms with Crippen molar-refractivity contribution in [3.8, 4) is 0 Å². The summed E-state index contributed by atoms with van der Waals surface area (Å²) in [6, 6.07) is 0. The second kappa shape index (κ2) is 10.1. The molecule has 0 saturated heterocycles. The topological polar surface area (TPSA) is 101 Å². The molecule has 0 atom stereocenters. The number of hydrogen-bond donors (Lipinski definition) is 2. The number of hydrogen-bond acceptors (Lipinski definition) is 4. The molecule has 0 radical (unpaired) electrons. The van der Waals surface area contributed by atoms with E-state index in [-0.39, 0.29) is 42.8 Å². The lowest BCUT2D eigenvalue weighted by Crippen LogP contribution is -2.16. The zero-order valence-electron chi connectivity index (χ0n) is 12.0. The summed E-state index contributed by atoms with van der Waals surface area (Å²) in [5.41, 5.74) is -0.589. The van der Waals surface area contributed by atoms with Crippen molar-refractivity contribution in [3.05, 3.63) is 11.1 Å². The van der Waals surface area contributed by atoms with E-state index < -0.39 is 11.9 Å². The average Bonchev–Trinajstić information content (AvgIpc) is 2.38. The zero-order valence-corrected chi connectivity index (χ0v) is 12.0. The van der Waals surface area contributed by atoms with Gasteiger partial charge in [0.25, 0.3) is 0 Å². The predicted octanol–water partition coefficient (Wildman–Crippen LogP) is 2.03. The van der Waals surface area contributed by atoms with Gasteiger partial charge in [0.05, 0.1) is 17.8 Å². The third kappa shape index (κ3) is 7.04. The molecular weight excluding hydrogens is 264 g/mol. The predicted molar refractivity (Wildman–Crippen MR) is 72.6 cm³/mol. The number of carboxylic acids is 2. The highest BCUT2D eigenvalue weighted by atomic mass is 16.5. The highest BCUT2D eigenvalue weighted by Crippen LogP contribution is 2.16. The Labute approximate surface area is 118 Å². The van der Waals surface area contributed by atoms with Gasteiger partial charge in [0.2, 0.25) is 0 Å². The molecule has 0 amide bonds. The zero-order chi connectivity index (χ0) is 15.5. The first-order chi connectivity index (χ1) is 9.43. The van der Waals surface area contributed by atoms with Crippen molar-refractivity contribution < 1.29 is 29.3 Å². The molecular formula is C14H22O6. The van der Waals surface area contributed by atoms with Gasteiger partial charge in [-0.3, -0.25) is 4.79 Å². The maximum Gasteiger partial charge on any atom is 0.332 e. The van der Waals surface area contributed by atoms with Crippen LogP contribution in [0.25, 0.3) is 0 Å². The van der Waals surface area contributed by atoms with Gasteiger partial charge in [-0.15, -0.1) is 0 Å². The van der Waals surface area contributed by atoms with E-state index in [1.165, 1.54) is 0 Å². The number of carboxylic acid groups (broad SMARTS) is 2. The van der Waals surface area contributed by atoms with E-state index in [1.54, 1.807) is 6.92 Å². The maximum atomic E-state index is 11.7. The van der Waals surface area contributed by atoms with Gasteiger partial charge in [-0.25, -0.2) is 9.59 Å². The van der Waals surface area contributed by atoms with Gasteiger partial charge in [-0.1, -0.05) is 13.3 Å². The molecule has 0 aliphatic rings. The summed E-state index contributed by atoms with van der Waals surface area (Å²) < 4.78 is 5.04. The van der Waals surface area contributed by atoms with E-state index in [2.05, 4.69) is 0 Å². The largest absolute Gasteiger partial charge is 0.478 e. The number of aliphatic carboxylic acids is 2. The minimum absolute atomic E-state index is 0.0220. The first kappa shape index (κ1) is 18.3. The molecule has 0 fully saturated rings. The van der Waals surface area contributed by atoms with Gasteiger partial charge in [0, 0.05) is 25.9 Å². The highest BCUT2D eigenvalue weighted by molar-refractivity contribution is 6.02. The van der Waals surface area contributed by atoms with Crippen molar-refractivity contribution in [3.63, 3.8) is 0 Å². The molecule has 6 nitrogen and oxygen atoms in total. The Bertz CT molecular complexity index is 383. The standard InChI is InChI=1S/C14H22O6/c1-3-5-6-10(15)9-12(14(18)19)11(13(16)17)7-8-20-4-2/h3-9H2,1-2H3,(H,16,17)(H,18,19)/b12-11+. The van der Waals surface area contributed by atoms with E-state index in [0.717, 1.165) is 6.42 Å². The van der Waals surface area contributed by atoms with Crippen LogP contribution in [0.5, 0.6) is 0 Å². The van der Waals surface area contributed by atoms with E-state index in [9.17, 15) is 14.4 Å². The summed E-state index contributed by atoms with van der Waals surface area (Å²) in [5, 5.41) is 18.2. The van der Waals surface area contributed by atoms with Crippen LogP contribution in [0, 0.1) is 0 Å². The van der Waals surface area contributed by atoms with Crippen molar-refractivity contribution in [1.29, 1.82) is 0 Å². The number of carbonyl (C=O) groups is 3. The highest BCUT2D eigenvalue weighted by Gasteiger charge is 2.22. The van der Waals surface area contributed by atoms with Crippen LogP contribution in [-0.2, 0) is 19.1 Å². The molecule has 0 unspecified atom stereocenters. The lowest BCUT2D eigenvalue weighted by Gasteiger charge is -2.09. The summed E-state index contributed by atoms with van der Waals surface area (Å²) in [6.45, 7) is 4.23. The Kier molecular flexibility index (Phi) is 9.28. The van der Waals surface area contributed by atoms with Crippen LogP contribution in [0.4, 0.5) is 0 Å². The third-order valence-electron chi connectivity index (χ3n) is 2.76. The molecule has 0 aliphatic carbocycles. The summed E-state index contributed by atoms with van der Waals surface area (Å²) in [6.07, 6.45) is 1.40. The molecule has 114 valence electrons. The number of unbranched alkanes of at least 4 members (excludes halogenated alkanes) is 1. The molecule has 0 aromatic heterocycles. The van der Waals surface area contributed by atoms with Crippen molar-refractivity contribution in [2.75, 3.05) is 13.2 Å². The van der Waals surface area contributed by atoms with Gasteiger partial charge in [0.15, 0.2) is 0 Å². The second-order valence-corrected chi connectivity index (χ2v) is 4.33. The van der Waals surface area contributed by atoms with Crippen LogP contribution in [0.2, 0.25) is 0 Å². The molecule has 20 heavy (non-hydrogen) atoms. The van der Waals surface area contributed by atoms with Gasteiger partial charge in [0.1, 0.15) is 5.78 Å². The Morgan fingerprint density at radius 2 is 1.55 bits per heavy atom. The Morgan fingerprint density at radius 3 is 2.00 bits per heavy atom. The van der Waals surface area contributed by atoms with E-state index >= 15 is 0 Å². The number of carbonyl (C=O) groups excluding carboxylic acids is 1. The minimum Gasteiger partial charge on any atom is -0.478 e. The first-order valence-electron chi connectivity index (χ1n) is 6.72. The summed E-state index contributed by atoms with van der Waals surface area (Å²) >= 11 is 0. The summed E-state index contributed by atoms with van der Waals surface area (Å²) in [5.74, 6) is -2.92. The fourth-order valence-corrected chi connectivity index (χ4v) is 1.68. The first-order valence-corrected chi connectivity index (χ1v) is 6.72. The van der Waals surface area contributed by atoms with Crippen LogP contribution in [0.1, 0.15) is 46.0 Å². The van der Waals surface area contributed by atoms with Crippen LogP contribution in [0.3, 0.4) is 0 Å². The molecule has 0 rings (SSSR count). The lowest BCUT2D eigenvalue weighted by molar-refractivity contribution is -0.136. The fourth-order valence-electron chi connectivity index (χ4n) is 1.68. The lowest BCUT2D eigenvalue weighted by atomic mass is 9.98. The van der Waals surface area contributed by atoms with Gasteiger partial charge in [-0.05, 0) is 13.3 Å². The fraction of sp³-hybridized carbons (Fsp3) is 0.643. The number of ether oxygens (including phenoxy) is 1. The summed E-state index contributed by atoms with van der Waals surface area (Å²) in [4.78, 5) is 34.0. The van der Waals surface area contributed by atoms with Crippen molar-refractivity contribution in [1.82, 2.24) is 0 Å². The summed E-state index contributed by atoms with van der Waals surface area (Å²) in [7, 11) is 0. The molecule has 0 aromatic carbocycles. The van der Waals surface area contributed by atoms with Crippen LogP contribution < -0.4 is 0 Å². The van der Waals surface area contributed by atoms with Crippen LogP contribution in [-0.4, -0.2) is 41.1 Å². The van der Waals surface area contributed by atoms with E-state index in [4.69, 9.17) is 14.9 Å². The van der Waals surface area contributed by atoms with E-state index in [1.807, 2.05) is 6.92 Å². The molecule has 0 aromatic rings. The molecule has 0 bridgehead atoms. The van der Waals surface area contributed by atoms with Gasteiger partial charge < -0.3 is 14.9 Å². The third-order valence-corrected chi connectivity index (χ3v) is 2.76. The molecule has 0 saturated carbocycles. The minimum atomic E-state index is -1.36. The Hall–Kier alpha value is -1.69. The van der Waals surface area contributed by atoms with Crippen LogP contribution >= 0.6 is 0 Å². The van der Waals surface area contributed by atoms with Crippen molar-refractivity contribution in [2.45, 2.75) is 46.0 Å².